The van der Waals surface area contributed by atoms with Crippen LogP contribution in [0.25, 0.3) is 0 Å². The van der Waals surface area contributed by atoms with Crippen molar-refractivity contribution in [3.8, 4) is 0 Å². The molecule has 0 aliphatic heterocycles. The van der Waals surface area contributed by atoms with Crippen molar-refractivity contribution in [2.75, 3.05) is 13.2 Å². The zero-order chi connectivity index (χ0) is 9.73. The fraction of sp³-hybridized carbons (Fsp3) is 1.00. The SMILES string of the molecule is OCC1(COP(O)Cl)CCCCC1. The van der Waals surface area contributed by atoms with Gasteiger partial charge in [-0.3, -0.25) is 0 Å². The molecule has 0 heterocycles. The Kier molecular flexibility index (Phi) is 4.91. The number of halogens is 1. The molecule has 0 aromatic heterocycles. The van der Waals surface area contributed by atoms with Crippen molar-refractivity contribution in [3.63, 3.8) is 0 Å². The molecule has 1 aliphatic rings. The summed E-state index contributed by atoms with van der Waals surface area (Å²) in [6.07, 6.45) is 5.45. The fourth-order valence-corrected chi connectivity index (χ4v) is 2.37. The first-order valence-electron chi connectivity index (χ1n) is 4.57. The maximum absolute atomic E-state index is 9.26. The molecule has 0 bridgehead atoms. The van der Waals surface area contributed by atoms with Crippen molar-refractivity contribution >= 4 is 19.0 Å². The van der Waals surface area contributed by atoms with Crippen LogP contribution < -0.4 is 0 Å². The molecule has 0 spiro atoms. The van der Waals surface area contributed by atoms with E-state index in [0.29, 0.717) is 6.61 Å². The van der Waals surface area contributed by atoms with E-state index in [1.165, 1.54) is 6.42 Å². The van der Waals surface area contributed by atoms with Crippen molar-refractivity contribution in [2.45, 2.75) is 32.1 Å². The summed E-state index contributed by atoms with van der Waals surface area (Å²) < 4.78 is 5.00. The predicted molar refractivity (Wildman–Crippen MR) is 53.5 cm³/mol. The maximum Gasteiger partial charge on any atom is 0.274 e. The normalized spacial score (nSPS) is 24.2. The highest BCUT2D eigenvalue weighted by atomic mass is 35.7. The third-order valence-corrected chi connectivity index (χ3v) is 3.36. The number of rotatable bonds is 4. The average molecular weight is 227 g/mol. The van der Waals surface area contributed by atoms with Gasteiger partial charge in [0.25, 0.3) is 7.73 Å². The Bertz CT molecular complexity index is 148. The van der Waals surface area contributed by atoms with Crippen molar-refractivity contribution in [3.05, 3.63) is 0 Å². The predicted octanol–water partition coefficient (Wildman–Crippen LogP) is 2.40. The van der Waals surface area contributed by atoms with Gasteiger partial charge in [0.15, 0.2) is 0 Å². The molecule has 2 N–H and O–H groups in total. The lowest BCUT2D eigenvalue weighted by atomic mass is 9.75. The van der Waals surface area contributed by atoms with Gasteiger partial charge in [0.1, 0.15) is 0 Å². The highest BCUT2D eigenvalue weighted by Gasteiger charge is 2.32. The van der Waals surface area contributed by atoms with Crippen LogP contribution in [-0.2, 0) is 4.52 Å². The van der Waals surface area contributed by atoms with Gasteiger partial charge >= 0.3 is 0 Å². The van der Waals surface area contributed by atoms with Crippen LogP contribution >= 0.6 is 19.0 Å². The van der Waals surface area contributed by atoms with Gasteiger partial charge in [0.05, 0.1) is 13.2 Å². The first-order valence-corrected chi connectivity index (χ1v) is 6.69. The molecular weight excluding hydrogens is 211 g/mol. The number of aliphatic hydroxyl groups is 1. The lowest BCUT2D eigenvalue weighted by Gasteiger charge is -2.35. The van der Waals surface area contributed by atoms with Gasteiger partial charge < -0.3 is 14.5 Å². The Morgan fingerprint density at radius 3 is 2.38 bits per heavy atom. The van der Waals surface area contributed by atoms with E-state index in [1.807, 2.05) is 0 Å². The molecule has 78 valence electrons. The second-order valence-corrected chi connectivity index (χ2v) is 5.30. The summed E-state index contributed by atoms with van der Waals surface area (Å²) in [5.41, 5.74) is -0.142. The van der Waals surface area contributed by atoms with Gasteiger partial charge in [0, 0.05) is 5.41 Å². The van der Waals surface area contributed by atoms with E-state index in [-0.39, 0.29) is 12.0 Å². The summed E-state index contributed by atoms with van der Waals surface area (Å²) >= 11 is 5.33. The summed E-state index contributed by atoms with van der Waals surface area (Å²) in [4.78, 5) is 8.82. The molecule has 1 atom stereocenters. The summed E-state index contributed by atoms with van der Waals surface area (Å²) in [7, 11) is -1.80. The molecule has 5 heteroatoms. The van der Waals surface area contributed by atoms with E-state index >= 15 is 0 Å². The molecular formula is C8H16ClO3P. The first-order chi connectivity index (χ1) is 6.18. The smallest absolute Gasteiger partial charge is 0.274 e. The zero-order valence-corrected chi connectivity index (χ0v) is 9.23. The van der Waals surface area contributed by atoms with Crippen LogP contribution in [-0.4, -0.2) is 23.2 Å². The summed E-state index contributed by atoms with van der Waals surface area (Å²) in [5, 5.41) is 9.26. The second-order valence-electron chi connectivity index (χ2n) is 3.72. The van der Waals surface area contributed by atoms with Gasteiger partial charge in [0.2, 0.25) is 0 Å². The fourth-order valence-electron chi connectivity index (χ4n) is 1.84. The third-order valence-electron chi connectivity index (χ3n) is 2.73. The summed E-state index contributed by atoms with van der Waals surface area (Å²) in [5.74, 6) is 0. The van der Waals surface area contributed by atoms with Crippen molar-refractivity contribution in [2.24, 2.45) is 5.41 Å². The molecule has 1 aliphatic carbocycles. The topological polar surface area (TPSA) is 49.7 Å². The average Bonchev–Trinajstić information content (AvgIpc) is 2.16. The molecule has 13 heavy (non-hydrogen) atoms. The molecule has 0 radical (unpaired) electrons. The highest BCUT2D eigenvalue weighted by Crippen LogP contribution is 2.43. The van der Waals surface area contributed by atoms with Gasteiger partial charge in [-0.15, -0.1) is 0 Å². The van der Waals surface area contributed by atoms with Crippen LogP contribution in [0.15, 0.2) is 0 Å². The van der Waals surface area contributed by atoms with E-state index in [2.05, 4.69) is 0 Å². The zero-order valence-electron chi connectivity index (χ0n) is 7.58. The molecule has 0 amide bonds. The van der Waals surface area contributed by atoms with Crippen molar-refractivity contribution in [1.29, 1.82) is 0 Å². The number of aliphatic hydroxyl groups excluding tert-OH is 1. The van der Waals surface area contributed by atoms with Crippen LogP contribution in [0.3, 0.4) is 0 Å². The van der Waals surface area contributed by atoms with Gasteiger partial charge in [-0.1, -0.05) is 19.3 Å². The van der Waals surface area contributed by atoms with Crippen LogP contribution in [0.2, 0.25) is 0 Å². The minimum absolute atomic E-state index is 0.132. The van der Waals surface area contributed by atoms with E-state index in [0.717, 1.165) is 25.7 Å². The van der Waals surface area contributed by atoms with Crippen LogP contribution in [0.1, 0.15) is 32.1 Å². The first kappa shape index (κ1) is 11.7. The second kappa shape index (κ2) is 5.47. The maximum atomic E-state index is 9.26. The quantitative estimate of drug-likeness (QED) is 0.724. The Hall–Kier alpha value is 0.600. The van der Waals surface area contributed by atoms with E-state index in [1.54, 1.807) is 0 Å². The van der Waals surface area contributed by atoms with E-state index < -0.39 is 7.73 Å². The van der Waals surface area contributed by atoms with Crippen molar-refractivity contribution in [1.82, 2.24) is 0 Å². The minimum atomic E-state index is -1.80. The summed E-state index contributed by atoms with van der Waals surface area (Å²) in [6.45, 7) is 0.516. The summed E-state index contributed by atoms with van der Waals surface area (Å²) in [6, 6.07) is 0. The number of hydrogen-bond donors (Lipinski definition) is 2. The van der Waals surface area contributed by atoms with Crippen LogP contribution in [0.5, 0.6) is 0 Å². The van der Waals surface area contributed by atoms with Crippen LogP contribution in [0.4, 0.5) is 0 Å². The van der Waals surface area contributed by atoms with Crippen LogP contribution in [0, 0.1) is 5.41 Å². The highest BCUT2D eigenvalue weighted by molar-refractivity contribution is 7.75. The Balaban J connectivity index is 2.38. The monoisotopic (exact) mass is 226 g/mol. The molecule has 1 rings (SSSR count). The molecule has 1 unspecified atom stereocenters. The molecule has 1 fully saturated rings. The lowest BCUT2D eigenvalue weighted by molar-refractivity contribution is 0.0352. The van der Waals surface area contributed by atoms with Gasteiger partial charge in [-0.2, -0.15) is 0 Å². The lowest BCUT2D eigenvalue weighted by Crippen LogP contribution is -2.32. The van der Waals surface area contributed by atoms with Crippen molar-refractivity contribution < 1.29 is 14.5 Å². The Morgan fingerprint density at radius 2 is 1.92 bits per heavy atom. The van der Waals surface area contributed by atoms with E-state index in [9.17, 15) is 5.11 Å². The molecule has 0 aromatic rings. The Labute approximate surface area is 84.8 Å². The standard InChI is InChI=1S/C8H16ClO3P/c9-13(11)12-7-8(6-10)4-2-1-3-5-8/h10-11H,1-7H2. The van der Waals surface area contributed by atoms with E-state index in [4.69, 9.17) is 20.7 Å². The third kappa shape index (κ3) is 3.69. The number of hydrogen-bond acceptors (Lipinski definition) is 3. The van der Waals surface area contributed by atoms with Gasteiger partial charge in [-0.05, 0) is 24.1 Å². The molecule has 0 saturated heterocycles. The Morgan fingerprint density at radius 1 is 1.31 bits per heavy atom. The largest absolute Gasteiger partial charge is 0.396 e. The van der Waals surface area contributed by atoms with Gasteiger partial charge in [-0.25, -0.2) is 0 Å². The molecule has 1 saturated carbocycles. The molecule has 0 aromatic carbocycles. The minimum Gasteiger partial charge on any atom is -0.396 e. The molecule has 3 nitrogen and oxygen atoms in total.